The van der Waals surface area contributed by atoms with E-state index in [4.69, 9.17) is 0 Å². The van der Waals surface area contributed by atoms with Gasteiger partial charge in [-0.25, -0.2) is 0 Å². The molecule has 0 fully saturated rings. The van der Waals surface area contributed by atoms with Gasteiger partial charge in [0.2, 0.25) is 0 Å². The molecule has 1 unspecified atom stereocenters. The van der Waals surface area contributed by atoms with Crippen LogP contribution in [0.2, 0.25) is 0 Å². The Kier molecular flexibility index (Phi) is 7.81. The lowest BCUT2D eigenvalue weighted by Crippen LogP contribution is -2.45. The van der Waals surface area contributed by atoms with E-state index < -0.39 is 0 Å². The molecule has 2 nitrogen and oxygen atoms in total. The van der Waals surface area contributed by atoms with Crippen molar-refractivity contribution < 1.29 is 0 Å². The Labute approximate surface area is 89.4 Å². The maximum Gasteiger partial charge on any atom is 0.0246 e. The number of nitrogens with zero attached hydrogens (tertiary/aromatic N) is 1. The molecule has 2 heteroatoms. The quantitative estimate of drug-likeness (QED) is 0.601. The van der Waals surface area contributed by atoms with E-state index in [-0.39, 0.29) is 0 Å². The number of nitrogens with one attached hydrogen (secondary N) is 1. The molecule has 84 valence electrons. The lowest BCUT2D eigenvalue weighted by atomic mass is 10.0. The van der Waals surface area contributed by atoms with Gasteiger partial charge in [0.05, 0.1) is 0 Å². The minimum atomic E-state index is 0.623. The Bertz CT molecular complexity index is 143. The first-order chi connectivity index (χ1) is 6.67. The molecule has 0 amide bonds. The maximum absolute atomic E-state index is 3.81. The van der Waals surface area contributed by atoms with E-state index in [1.54, 1.807) is 0 Å². The Hall–Kier alpha value is -0.340. The highest BCUT2D eigenvalue weighted by atomic mass is 15.2. The summed E-state index contributed by atoms with van der Waals surface area (Å²) in [5.74, 6) is 0.689. The molecule has 1 N–H and O–H groups in total. The summed E-state index contributed by atoms with van der Waals surface area (Å²) in [6.45, 7) is 17.0. The van der Waals surface area contributed by atoms with Gasteiger partial charge in [0.1, 0.15) is 0 Å². The molecule has 0 aromatic rings. The van der Waals surface area contributed by atoms with Gasteiger partial charge in [0.25, 0.3) is 0 Å². The molecule has 0 aliphatic rings. The average molecular weight is 198 g/mol. The Morgan fingerprint density at radius 2 is 2.00 bits per heavy atom. The predicted molar refractivity (Wildman–Crippen MR) is 64.6 cm³/mol. The van der Waals surface area contributed by atoms with E-state index in [0.717, 1.165) is 26.2 Å². The van der Waals surface area contributed by atoms with E-state index in [2.05, 4.69) is 44.5 Å². The molecule has 0 rings (SSSR count). The molecule has 0 spiro atoms. The number of rotatable bonds is 8. The van der Waals surface area contributed by atoms with Crippen LogP contribution in [0.4, 0.5) is 0 Å². The largest absolute Gasteiger partial charge is 0.315 e. The molecule has 0 heterocycles. The summed E-state index contributed by atoms with van der Waals surface area (Å²) in [5.41, 5.74) is 0. The molecule has 0 saturated carbocycles. The van der Waals surface area contributed by atoms with Crippen molar-refractivity contribution >= 4 is 0 Å². The summed E-state index contributed by atoms with van der Waals surface area (Å²) in [7, 11) is 0. The van der Waals surface area contributed by atoms with Crippen molar-refractivity contribution in [3.63, 3.8) is 0 Å². The van der Waals surface area contributed by atoms with Crippen molar-refractivity contribution in [2.75, 3.05) is 26.2 Å². The standard InChI is InChI=1S/C12H26N2/c1-6-9-14(8-3)12(11(4)5)10-13-7-2/h6,11-13H,1,7-10H2,2-5H3. The summed E-state index contributed by atoms with van der Waals surface area (Å²) in [6.07, 6.45) is 1.99. The van der Waals surface area contributed by atoms with Gasteiger partial charge in [-0.2, -0.15) is 0 Å². The van der Waals surface area contributed by atoms with Crippen molar-refractivity contribution in [1.82, 2.24) is 10.2 Å². The molecule has 0 aromatic heterocycles. The third-order valence-electron chi connectivity index (χ3n) is 2.61. The van der Waals surface area contributed by atoms with Gasteiger partial charge >= 0.3 is 0 Å². The summed E-state index contributed by atoms with van der Waals surface area (Å²) in [5, 5.41) is 3.43. The summed E-state index contributed by atoms with van der Waals surface area (Å²) < 4.78 is 0. The molecule has 0 radical (unpaired) electrons. The van der Waals surface area contributed by atoms with Crippen LogP contribution in [0.15, 0.2) is 12.7 Å². The number of hydrogen-bond acceptors (Lipinski definition) is 2. The fraction of sp³-hybridized carbons (Fsp3) is 0.833. The second-order valence-corrected chi connectivity index (χ2v) is 4.00. The van der Waals surface area contributed by atoms with Gasteiger partial charge in [-0.15, -0.1) is 6.58 Å². The van der Waals surface area contributed by atoms with Crippen LogP contribution in [0.25, 0.3) is 0 Å². The first-order valence-corrected chi connectivity index (χ1v) is 5.72. The van der Waals surface area contributed by atoms with Crippen molar-refractivity contribution in [3.05, 3.63) is 12.7 Å². The Morgan fingerprint density at radius 1 is 1.36 bits per heavy atom. The van der Waals surface area contributed by atoms with E-state index >= 15 is 0 Å². The second-order valence-electron chi connectivity index (χ2n) is 4.00. The smallest absolute Gasteiger partial charge is 0.0246 e. The first-order valence-electron chi connectivity index (χ1n) is 5.72. The SMILES string of the molecule is C=CCN(CC)C(CNCC)C(C)C. The van der Waals surface area contributed by atoms with E-state index in [1.807, 2.05) is 6.08 Å². The summed E-state index contributed by atoms with van der Waals surface area (Å²) >= 11 is 0. The normalized spacial score (nSPS) is 13.6. The van der Waals surface area contributed by atoms with Crippen molar-refractivity contribution in [1.29, 1.82) is 0 Å². The second kappa shape index (κ2) is 8.01. The fourth-order valence-electron chi connectivity index (χ4n) is 1.74. The molecule has 0 bridgehead atoms. The highest BCUT2D eigenvalue weighted by molar-refractivity contribution is 4.81. The lowest BCUT2D eigenvalue weighted by molar-refractivity contribution is 0.176. The molecule has 0 saturated heterocycles. The van der Waals surface area contributed by atoms with Crippen molar-refractivity contribution in [2.45, 2.75) is 33.7 Å². The zero-order valence-corrected chi connectivity index (χ0v) is 10.2. The Morgan fingerprint density at radius 3 is 2.36 bits per heavy atom. The average Bonchev–Trinajstić information content (AvgIpc) is 2.16. The zero-order chi connectivity index (χ0) is 11.0. The van der Waals surface area contributed by atoms with Crippen molar-refractivity contribution in [3.8, 4) is 0 Å². The molecule has 14 heavy (non-hydrogen) atoms. The first kappa shape index (κ1) is 13.7. The zero-order valence-electron chi connectivity index (χ0n) is 10.2. The molecular formula is C12H26N2. The van der Waals surface area contributed by atoms with E-state index in [9.17, 15) is 0 Å². The molecule has 1 atom stereocenters. The van der Waals surface area contributed by atoms with Crippen LogP contribution >= 0.6 is 0 Å². The maximum atomic E-state index is 3.81. The van der Waals surface area contributed by atoms with E-state index in [0.29, 0.717) is 12.0 Å². The minimum Gasteiger partial charge on any atom is -0.315 e. The molecule has 0 aliphatic carbocycles. The number of hydrogen-bond donors (Lipinski definition) is 1. The minimum absolute atomic E-state index is 0.623. The summed E-state index contributed by atoms with van der Waals surface area (Å²) in [4.78, 5) is 2.47. The van der Waals surface area contributed by atoms with Crippen LogP contribution in [-0.4, -0.2) is 37.1 Å². The van der Waals surface area contributed by atoms with Gasteiger partial charge in [-0.1, -0.05) is 33.8 Å². The van der Waals surface area contributed by atoms with Crippen LogP contribution < -0.4 is 5.32 Å². The number of likely N-dealkylation sites (N-methyl/N-ethyl adjacent to an activating group) is 2. The molecule has 0 aromatic carbocycles. The lowest BCUT2D eigenvalue weighted by Gasteiger charge is -2.33. The van der Waals surface area contributed by atoms with E-state index in [1.165, 1.54) is 0 Å². The topological polar surface area (TPSA) is 15.3 Å². The Balaban J connectivity index is 4.19. The van der Waals surface area contributed by atoms with Gasteiger partial charge in [0, 0.05) is 19.1 Å². The van der Waals surface area contributed by atoms with Crippen LogP contribution in [0.1, 0.15) is 27.7 Å². The van der Waals surface area contributed by atoms with Gasteiger partial charge in [0.15, 0.2) is 0 Å². The summed E-state index contributed by atoms with van der Waals surface area (Å²) in [6, 6.07) is 0.623. The van der Waals surface area contributed by atoms with Gasteiger partial charge in [-0.3, -0.25) is 4.90 Å². The monoisotopic (exact) mass is 198 g/mol. The molecule has 0 aliphatic heterocycles. The highest BCUT2D eigenvalue weighted by Crippen LogP contribution is 2.09. The highest BCUT2D eigenvalue weighted by Gasteiger charge is 2.18. The van der Waals surface area contributed by atoms with Crippen LogP contribution in [0.3, 0.4) is 0 Å². The third-order valence-corrected chi connectivity index (χ3v) is 2.61. The van der Waals surface area contributed by atoms with Crippen LogP contribution in [-0.2, 0) is 0 Å². The fourth-order valence-corrected chi connectivity index (χ4v) is 1.74. The molecular weight excluding hydrogens is 172 g/mol. The van der Waals surface area contributed by atoms with Crippen molar-refractivity contribution in [2.24, 2.45) is 5.92 Å². The van der Waals surface area contributed by atoms with Gasteiger partial charge in [-0.05, 0) is 19.0 Å². The van der Waals surface area contributed by atoms with Crippen LogP contribution in [0, 0.1) is 5.92 Å². The third kappa shape index (κ3) is 4.77. The van der Waals surface area contributed by atoms with Gasteiger partial charge < -0.3 is 5.32 Å². The van der Waals surface area contributed by atoms with Crippen LogP contribution in [0.5, 0.6) is 0 Å². The predicted octanol–water partition coefficient (Wildman–Crippen LogP) is 2.13.